The zero-order valence-electron chi connectivity index (χ0n) is 16.9. The van der Waals surface area contributed by atoms with Gasteiger partial charge in [-0.2, -0.15) is 0 Å². The summed E-state index contributed by atoms with van der Waals surface area (Å²) in [5.41, 5.74) is 3.17. The van der Waals surface area contributed by atoms with Crippen molar-refractivity contribution in [1.29, 1.82) is 0 Å². The van der Waals surface area contributed by atoms with Crippen molar-refractivity contribution in [2.75, 3.05) is 13.2 Å². The van der Waals surface area contributed by atoms with Gasteiger partial charge in [-0.25, -0.2) is 0 Å². The first kappa shape index (κ1) is 21.5. The van der Waals surface area contributed by atoms with Gasteiger partial charge in [-0.05, 0) is 0 Å². The Hall–Kier alpha value is 0.197. The molecule has 0 N–H and O–H groups in total. The topological polar surface area (TPSA) is 18.5 Å². The van der Waals surface area contributed by atoms with E-state index in [0.29, 0.717) is 0 Å². The Morgan fingerprint density at radius 2 is 1.16 bits per heavy atom. The Kier molecular flexibility index (Phi) is 8.09. The quantitative estimate of drug-likeness (QED) is 0.379. The second-order valence-corrected chi connectivity index (χ2v) is 21.4. The Morgan fingerprint density at radius 1 is 0.760 bits per heavy atom. The molecule has 0 unspecified atom stereocenters. The fourth-order valence-electron chi connectivity index (χ4n) is 2.95. The van der Waals surface area contributed by atoms with Gasteiger partial charge < -0.3 is 0 Å². The SMILES string of the molecule is C[Si](C)(C)OCCC1=[C]([Zr][C]2=C(CCO[Si](C)(C)C)C=CC2)CC=C1. The standard InChI is InChI=1S/2C10H17OSi.Zr/c2*1-12(2,3)11-9-8-10-6-4-5-7-10;/h2*4,6H,5,8-9H2,1-3H3;. The van der Waals surface area contributed by atoms with Crippen LogP contribution in [0.3, 0.4) is 0 Å². The van der Waals surface area contributed by atoms with Crippen LogP contribution in [0.5, 0.6) is 0 Å². The van der Waals surface area contributed by atoms with E-state index in [-0.39, 0.29) is 0 Å². The van der Waals surface area contributed by atoms with Gasteiger partial charge in [0.1, 0.15) is 0 Å². The predicted octanol–water partition coefficient (Wildman–Crippen LogP) is 5.98. The molecule has 5 heteroatoms. The molecule has 25 heavy (non-hydrogen) atoms. The number of rotatable bonds is 10. The van der Waals surface area contributed by atoms with Crippen molar-refractivity contribution in [1.82, 2.24) is 0 Å². The number of hydrogen-bond acceptors (Lipinski definition) is 2. The summed E-state index contributed by atoms with van der Waals surface area (Å²) >= 11 is -0.631. The van der Waals surface area contributed by atoms with Gasteiger partial charge >= 0.3 is 169 Å². The maximum absolute atomic E-state index is 6.07. The van der Waals surface area contributed by atoms with Crippen molar-refractivity contribution in [2.45, 2.75) is 65.0 Å². The van der Waals surface area contributed by atoms with Gasteiger partial charge in [0, 0.05) is 0 Å². The van der Waals surface area contributed by atoms with Crippen molar-refractivity contribution < 1.29 is 32.1 Å². The molecule has 138 valence electrons. The van der Waals surface area contributed by atoms with Crippen LogP contribution >= 0.6 is 0 Å². The molecule has 2 nitrogen and oxygen atoms in total. The van der Waals surface area contributed by atoms with Crippen LogP contribution < -0.4 is 0 Å². The van der Waals surface area contributed by atoms with Crippen LogP contribution in [-0.4, -0.2) is 29.8 Å². The van der Waals surface area contributed by atoms with Crippen molar-refractivity contribution in [3.63, 3.8) is 0 Å². The summed E-state index contributed by atoms with van der Waals surface area (Å²) in [6, 6.07) is 0. The monoisotopic (exact) mass is 452 g/mol. The number of allylic oxidation sites excluding steroid dienone is 6. The van der Waals surface area contributed by atoms with Crippen LogP contribution in [0.15, 0.2) is 42.0 Å². The van der Waals surface area contributed by atoms with Gasteiger partial charge in [-0.1, -0.05) is 0 Å². The molecule has 0 aromatic carbocycles. The minimum absolute atomic E-state index is 0.631. The average Bonchev–Trinajstić information content (AvgIpc) is 3.07. The van der Waals surface area contributed by atoms with Gasteiger partial charge in [0.2, 0.25) is 0 Å². The first-order chi connectivity index (χ1) is 11.6. The van der Waals surface area contributed by atoms with Crippen molar-refractivity contribution in [2.24, 2.45) is 0 Å². The van der Waals surface area contributed by atoms with E-state index in [4.69, 9.17) is 8.85 Å². The van der Waals surface area contributed by atoms with Crippen LogP contribution in [0.4, 0.5) is 0 Å². The molecular formula is C20H34O2Si2Zr. The molecule has 0 aromatic rings. The summed E-state index contributed by atoms with van der Waals surface area (Å²) in [7, 11) is -2.78. The maximum atomic E-state index is 6.07. The van der Waals surface area contributed by atoms with Crippen LogP contribution in [0, 0.1) is 0 Å². The molecule has 2 rings (SSSR count). The van der Waals surface area contributed by atoms with Gasteiger partial charge in [-0.15, -0.1) is 0 Å². The molecule has 0 heterocycles. The van der Waals surface area contributed by atoms with Gasteiger partial charge in [0.15, 0.2) is 0 Å². The van der Waals surface area contributed by atoms with E-state index in [1.54, 1.807) is 17.7 Å². The molecule has 0 amide bonds. The van der Waals surface area contributed by atoms with E-state index in [9.17, 15) is 0 Å². The van der Waals surface area contributed by atoms with Crippen LogP contribution in [-0.2, 0) is 32.1 Å². The van der Waals surface area contributed by atoms with Crippen molar-refractivity contribution in [3.05, 3.63) is 42.0 Å². The summed E-state index contributed by atoms with van der Waals surface area (Å²) in [6.45, 7) is 15.4. The Morgan fingerprint density at radius 3 is 1.52 bits per heavy atom. The minimum atomic E-state index is -1.39. The first-order valence-electron chi connectivity index (χ1n) is 9.46. The van der Waals surface area contributed by atoms with E-state index in [2.05, 4.69) is 63.6 Å². The first-order valence-corrected chi connectivity index (χ1v) is 18.7. The molecule has 0 bridgehead atoms. The van der Waals surface area contributed by atoms with Gasteiger partial charge in [0.05, 0.1) is 0 Å². The summed E-state index contributed by atoms with van der Waals surface area (Å²) in [6.07, 6.45) is 14.0. The predicted molar refractivity (Wildman–Crippen MR) is 109 cm³/mol. The molecule has 0 saturated heterocycles. The second-order valence-electron chi connectivity index (χ2n) is 8.77. The molecule has 0 saturated carbocycles. The molecule has 0 atom stereocenters. The summed E-state index contributed by atoms with van der Waals surface area (Å²) < 4.78 is 15.7. The molecular weight excluding hydrogens is 420 g/mol. The summed E-state index contributed by atoms with van der Waals surface area (Å²) in [4.78, 5) is 0. The Labute approximate surface area is 168 Å². The normalized spacial score (nSPS) is 18.0. The zero-order chi connectivity index (χ0) is 18.5. The second kappa shape index (κ2) is 9.41. The Balaban J connectivity index is 1.91. The fourth-order valence-corrected chi connectivity index (χ4v) is 8.17. The van der Waals surface area contributed by atoms with E-state index >= 15 is 0 Å². The average molecular weight is 454 g/mol. The van der Waals surface area contributed by atoms with Gasteiger partial charge in [0.25, 0.3) is 0 Å². The fraction of sp³-hybridized carbons (Fsp3) is 0.600. The van der Waals surface area contributed by atoms with Crippen LogP contribution in [0.25, 0.3) is 0 Å². The van der Waals surface area contributed by atoms with Crippen molar-refractivity contribution >= 4 is 16.6 Å². The molecule has 2 aliphatic carbocycles. The van der Waals surface area contributed by atoms with E-state index in [0.717, 1.165) is 26.1 Å². The van der Waals surface area contributed by atoms with Crippen molar-refractivity contribution in [3.8, 4) is 0 Å². The molecule has 0 fully saturated rings. The Bertz CT molecular complexity index is 538. The summed E-state index contributed by atoms with van der Waals surface area (Å²) in [5.74, 6) is 0. The third kappa shape index (κ3) is 8.17. The molecule has 2 aliphatic rings. The molecule has 0 spiro atoms. The van der Waals surface area contributed by atoms with Gasteiger partial charge in [-0.3, -0.25) is 0 Å². The van der Waals surface area contributed by atoms with E-state index < -0.39 is 39.9 Å². The zero-order valence-corrected chi connectivity index (χ0v) is 21.3. The third-order valence-electron chi connectivity index (χ3n) is 4.17. The third-order valence-corrected chi connectivity index (χ3v) is 10.4. The van der Waals surface area contributed by atoms with E-state index in [1.165, 1.54) is 12.8 Å². The van der Waals surface area contributed by atoms with E-state index in [1.807, 2.05) is 0 Å². The molecule has 0 aliphatic heterocycles. The number of hydrogen-bond donors (Lipinski definition) is 0. The van der Waals surface area contributed by atoms with Crippen LogP contribution in [0.1, 0.15) is 25.7 Å². The van der Waals surface area contributed by atoms with Crippen LogP contribution in [0.2, 0.25) is 39.3 Å². The molecule has 0 aromatic heterocycles. The molecule has 0 radical (unpaired) electrons. The summed E-state index contributed by atoms with van der Waals surface area (Å²) in [5, 5.41) is 0.